The lowest BCUT2D eigenvalue weighted by Gasteiger charge is -2.31. The predicted molar refractivity (Wildman–Crippen MR) is 92.0 cm³/mol. The number of carbonyl (C=O) groups is 1. The molecular weight excluding hydrogens is 320 g/mol. The van der Waals surface area contributed by atoms with Crippen molar-refractivity contribution in [1.82, 2.24) is 30.1 Å². The summed E-state index contributed by atoms with van der Waals surface area (Å²) in [6.07, 6.45) is 4.46. The van der Waals surface area contributed by atoms with Gasteiger partial charge in [0.05, 0.1) is 12.0 Å². The molecule has 0 aromatic carbocycles. The number of piperidine rings is 1. The molecule has 4 rings (SSSR count). The van der Waals surface area contributed by atoms with Crippen LogP contribution >= 0.6 is 0 Å². The van der Waals surface area contributed by atoms with E-state index in [0.29, 0.717) is 17.0 Å². The summed E-state index contributed by atoms with van der Waals surface area (Å²) < 4.78 is 0. The Hall–Kier alpha value is -3.10. The first kappa shape index (κ1) is 15.4. The van der Waals surface area contributed by atoms with Gasteiger partial charge in [0, 0.05) is 19.0 Å². The number of fused-ring (bicyclic) bond motifs is 1. The van der Waals surface area contributed by atoms with Gasteiger partial charge in [-0.25, -0.2) is 15.0 Å². The van der Waals surface area contributed by atoms with Crippen molar-refractivity contribution in [3.63, 3.8) is 0 Å². The maximum absolute atomic E-state index is 12.6. The molecule has 0 saturated carbocycles. The first-order valence-corrected chi connectivity index (χ1v) is 8.21. The fraction of sp³-hybridized carbons (Fsp3) is 0.375. The Morgan fingerprint density at radius 3 is 2.80 bits per heavy atom. The molecule has 1 fully saturated rings. The van der Waals surface area contributed by atoms with E-state index in [-0.39, 0.29) is 11.8 Å². The highest BCUT2D eigenvalue weighted by Crippen LogP contribution is 2.23. The maximum Gasteiger partial charge on any atom is 0.228 e. The molecule has 0 atom stereocenters. The van der Waals surface area contributed by atoms with Crippen molar-refractivity contribution in [2.24, 2.45) is 5.92 Å². The fourth-order valence-corrected chi connectivity index (χ4v) is 3.01. The molecule has 3 aromatic rings. The van der Waals surface area contributed by atoms with E-state index in [4.69, 9.17) is 0 Å². The van der Waals surface area contributed by atoms with Crippen molar-refractivity contribution >= 4 is 28.7 Å². The molecule has 4 heterocycles. The summed E-state index contributed by atoms with van der Waals surface area (Å²) in [4.78, 5) is 29.9. The second-order valence-corrected chi connectivity index (χ2v) is 6.11. The molecule has 0 radical (unpaired) electrons. The zero-order valence-corrected chi connectivity index (χ0v) is 13.8. The summed E-state index contributed by atoms with van der Waals surface area (Å²) in [7, 11) is 0. The molecule has 128 valence electrons. The topological polar surface area (TPSA) is 113 Å². The molecule has 1 aliphatic rings. The van der Waals surface area contributed by atoms with Crippen molar-refractivity contribution in [2.45, 2.75) is 19.8 Å². The molecule has 0 bridgehead atoms. The van der Waals surface area contributed by atoms with Crippen LogP contribution in [0.5, 0.6) is 0 Å². The highest BCUT2D eigenvalue weighted by molar-refractivity contribution is 5.97. The van der Waals surface area contributed by atoms with Crippen LogP contribution in [0.1, 0.15) is 18.5 Å². The number of aryl methyl sites for hydroxylation is 1. The number of anilines is 2. The van der Waals surface area contributed by atoms with Crippen LogP contribution in [0.15, 0.2) is 24.8 Å². The molecule has 0 spiro atoms. The van der Waals surface area contributed by atoms with Gasteiger partial charge in [0.15, 0.2) is 17.3 Å². The van der Waals surface area contributed by atoms with E-state index in [1.54, 1.807) is 0 Å². The Kier molecular flexibility index (Phi) is 3.96. The van der Waals surface area contributed by atoms with Gasteiger partial charge < -0.3 is 15.2 Å². The number of hydrogen-bond acceptors (Lipinski definition) is 7. The van der Waals surface area contributed by atoms with Crippen molar-refractivity contribution in [1.29, 1.82) is 0 Å². The minimum atomic E-state index is -0.0532. The molecular formula is C16H18N8O. The molecule has 2 N–H and O–H groups in total. The lowest BCUT2D eigenvalue weighted by atomic mass is 9.96. The summed E-state index contributed by atoms with van der Waals surface area (Å²) in [6.45, 7) is 3.47. The fourth-order valence-electron chi connectivity index (χ4n) is 3.01. The Balaban J connectivity index is 1.39. The zero-order valence-electron chi connectivity index (χ0n) is 13.8. The van der Waals surface area contributed by atoms with Crippen molar-refractivity contribution < 1.29 is 4.79 Å². The van der Waals surface area contributed by atoms with Crippen LogP contribution in [-0.4, -0.2) is 49.1 Å². The van der Waals surface area contributed by atoms with E-state index in [1.165, 1.54) is 12.7 Å². The summed E-state index contributed by atoms with van der Waals surface area (Å²) >= 11 is 0. The molecule has 0 aliphatic carbocycles. The van der Waals surface area contributed by atoms with Crippen LogP contribution in [0, 0.1) is 12.8 Å². The van der Waals surface area contributed by atoms with E-state index < -0.39 is 0 Å². The lowest BCUT2D eigenvalue weighted by Crippen LogP contribution is -2.38. The lowest BCUT2D eigenvalue weighted by molar-refractivity contribution is -0.120. The molecule has 0 unspecified atom stereocenters. The Bertz CT molecular complexity index is 883. The average Bonchev–Trinajstić information content (AvgIpc) is 3.12. The number of rotatable bonds is 3. The number of aromatic nitrogens is 6. The number of hydrogen-bond donors (Lipinski definition) is 2. The molecule has 3 aromatic heterocycles. The standard InChI is InChI=1S/C16H18N8O/c1-10-2-3-12(23-22-10)24-6-4-11(5-7-24)16(25)21-15-13-14(18-8-17-13)19-9-20-15/h2-3,8-9,11H,4-7H2,1H3,(H2,17,18,19,20,21,25). The third-order valence-electron chi connectivity index (χ3n) is 4.44. The first-order chi connectivity index (χ1) is 12.2. The third-order valence-corrected chi connectivity index (χ3v) is 4.44. The van der Waals surface area contributed by atoms with Crippen LogP contribution < -0.4 is 10.2 Å². The number of nitrogens with zero attached hydrogens (tertiary/aromatic N) is 6. The Morgan fingerprint density at radius 1 is 1.20 bits per heavy atom. The predicted octanol–water partition coefficient (Wildman–Crippen LogP) is 1.31. The van der Waals surface area contributed by atoms with Gasteiger partial charge in [-0.1, -0.05) is 0 Å². The second kappa shape index (κ2) is 6.42. The number of imidazole rings is 1. The first-order valence-electron chi connectivity index (χ1n) is 8.21. The Morgan fingerprint density at radius 2 is 2.04 bits per heavy atom. The number of nitrogens with one attached hydrogen (secondary N) is 2. The van der Waals surface area contributed by atoms with Crippen molar-refractivity contribution in [3.8, 4) is 0 Å². The van der Waals surface area contributed by atoms with E-state index in [9.17, 15) is 4.79 Å². The van der Waals surface area contributed by atoms with Gasteiger partial charge in [0.2, 0.25) is 5.91 Å². The van der Waals surface area contributed by atoms with Crippen LogP contribution in [0.2, 0.25) is 0 Å². The van der Waals surface area contributed by atoms with E-state index >= 15 is 0 Å². The number of carbonyl (C=O) groups excluding carboxylic acids is 1. The van der Waals surface area contributed by atoms with E-state index in [2.05, 4.69) is 40.3 Å². The molecule has 9 nitrogen and oxygen atoms in total. The summed E-state index contributed by atoms with van der Waals surface area (Å²) in [5.74, 6) is 1.26. The molecule has 1 saturated heterocycles. The molecule has 25 heavy (non-hydrogen) atoms. The number of aromatic amines is 1. The van der Waals surface area contributed by atoms with Crippen molar-refractivity contribution in [3.05, 3.63) is 30.5 Å². The van der Waals surface area contributed by atoms with Gasteiger partial charge in [-0.15, -0.1) is 5.10 Å². The van der Waals surface area contributed by atoms with Crippen LogP contribution in [0.4, 0.5) is 11.6 Å². The number of amides is 1. The third kappa shape index (κ3) is 3.12. The quantitative estimate of drug-likeness (QED) is 0.740. The van der Waals surface area contributed by atoms with Crippen LogP contribution in [-0.2, 0) is 4.79 Å². The van der Waals surface area contributed by atoms with Crippen LogP contribution in [0.3, 0.4) is 0 Å². The molecule has 1 amide bonds. The van der Waals surface area contributed by atoms with E-state index in [0.717, 1.165) is 37.4 Å². The SMILES string of the molecule is Cc1ccc(N2CCC(C(=O)Nc3ncnc4nc[nH]c34)CC2)nn1. The van der Waals surface area contributed by atoms with Crippen LogP contribution in [0.25, 0.3) is 11.2 Å². The summed E-state index contributed by atoms with van der Waals surface area (Å²) in [6, 6.07) is 3.92. The largest absolute Gasteiger partial charge is 0.355 e. The van der Waals surface area contributed by atoms with Gasteiger partial charge in [-0.05, 0) is 31.9 Å². The molecule has 1 aliphatic heterocycles. The monoisotopic (exact) mass is 338 g/mol. The molecule has 9 heteroatoms. The minimum absolute atomic E-state index is 0.0239. The summed E-state index contributed by atoms with van der Waals surface area (Å²) in [5.41, 5.74) is 2.08. The minimum Gasteiger partial charge on any atom is -0.355 e. The normalized spacial score (nSPS) is 15.5. The highest BCUT2D eigenvalue weighted by Gasteiger charge is 2.26. The van der Waals surface area contributed by atoms with Crippen molar-refractivity contribution in [2.75, 3.05) is 23.3 Å². The van der Waals surface area contributed by atoms with Gasteiger partial charge in [0.1, 0.15) is 11.8 Å². The van der Waals surface area contributed by atoms with Gasteiger partial charge in [0.25, 0.3) is 0 Å². The van der Waals surface area contributed by atoms with Gasteiger partial charge in [-0.3, -0.25) is 4.79 Å². The summed E-state index contributed by atoms with van der Waals surface area (Å²) in [5, 5.41) is 11.2. The number of H-pyrrole nitrogens is 1. The zero-order chi connectivity index (χ0) is 17.2. The van der Waals surface area contributed by atoms with Gasteiger partial charge in [-0.2, -0.15) is 5.10 Å². The van der Waals surface area contributed by atoms with Gasteiger partial charge >= 0.3 is 0 Å². The maximum atomic E-state index is 12.6. The highest BCUT2D eigenvalue weighted by atomic mass is 16.2. The average molecular weight is 338 g/mol. The Labute approximate surface area is 143 Å². The van der Waals surface area contributed by atoms with E-state index in [1.807, 2.05) is 19.1 Å². The smallest absolute Gasteiger partial charge is 0.228 e. The second-order valence-electron chi connectivity index (χ2n) is 6.11.